The van der Waals surface area contributed by atoms with Crippen LogP contribution in [0.3, 0.4) is 0 Å². The number of carbonyl (C=O) groups excluding carboxylic acids is 3. The van der Waals surface area contributed by atoms with Gasteiger partial charge in [0.15, 0.2) is 0 Å². The van der Waals surface area contributed by atoms with Crippen molar-refractivity contribution in [3.63, 3.8) is 0 Å². The van der Waals surface area contributed by atoms with Gasteiger partial charge in [0.05, 0.1) is 45.8 Å². The average Bonchev–Trinajstić information content (AvgIpc) is 3.83. The maximum Gasteiger partial charge on any atom is 0.307 e. The first-order chi connectivity index (χ1) is 32.4. The molecule has 0 radical (unpaired) electrons. The highest BCUT2D eigenvalue weighted by Crippen LogP contribution is 2.38. The smallest absolute Gasteiger partial charge is 0.307 e. The van der Waals surface area contributed by atoms with Crippen LogP contribution in [0.1, 0.15) is 116 Å². The van der Waals surface area contributed by atoms with Crippen molar-refractivity contribution >= 4 is 57.1 Å². The van der Waals surface area contributed by atoms with E-state index in [0.717, 1.165) is 80.3 Å². The van der Waals surface area contributed by atoms with E-state index >= 15 is 0 Å². The molecule has 2 aromatic heterocycles. The first-order valence-electron chi connectivity index (χ1n) is 23.2. The molecule has 2 unspecified atom stereocenters. The molecule has 2 atom stereocenters. The normalized spacial score (nSPS) is 12.0. The lowest BCUT2D eigenvalue weighted by atomic mass is 9.98. The number of aryl methyl sites for hydroxylation is 2. The van der Waals surface area contributed by atoms with E-state index in [1.807, 2.05) is 60.7 Å². The number of carboxylic acids is 1. The molecule has 2 heterocycles. The Balaban J connectivity index is 0.000000255. The molecule has 14 nitrogen and oxygen atoms in total. The summed E-state index contributed by atoms with van der Waals surface area (Å²) in [5.74, 6) is 2.70. The molecule has 2 amide bonds. The molecule has 6 rings (SSSR count). The van der Waals surface area contributed by atoms with Gasteiger partial charge < -0.3 is 48.6 Å². The highest BCUT2D eigenvalue weighted by Gasteiger charge is 2.24. The Morgan fingerprint density at radius 3 is 1.37 bits per heavy atom. The number of anilines is 2. The van der Waals surface area contributed by atoms with Gasteiger partial charge in [-0.25, -0.2) is 0 Å². The lowest BCUT2D eigenvalue weighted by Crippen LogP contribution is -2.29. The summed E-state index contributed by atoms with van der Waals surface area (Å²) in [6.07, 6.45) is 1.85. The molecule has 3 N–H and O–H groups in total. The van der Waals surface area contributed by atoms with Gasteiger partial charge in [-0.3, -0.25) is 19.2 Å². The Bertz CT molecular complexity index is 2630. The summed E-state index contributed by atoms with van der Waals surface area (Å²) < 4.78 is 28.2. The Hall–Kier alpha value is -6.96. The number of carbonyl (C=O) groups is 4. The van der Waals surface area contributed by atoms with Crippen molar-refractivity contribution in [1.82, 2.24) is 9.80 Å². The number of fused-ring (bicyclic) bond motifs is 2. The van der Waals surface area contributed by atoms with E-state index in [-0.39, 0.29) is 49.3 Å². The zero-order valence-electron chi connectivity index (χ0n) is 41.4. The number of nitrogens with zero attached hydrogens (tertiary/aromatic N) is 2. The highest BCUT2D eigenvalue weighted by atomic mass is 16.5. The largest absolute Gasteiger partial charge is 0.497 e. The van der Waals surface area contributed by atoms with Crippen LogP contribution in [-0.4, -0.2) is 86.7 Å². The summed E-state index contributed by atoms with van der Waals surface area (Å²) in [6.45, 7) is 15.4. The number of benzene rings is 4. The Morgan fingerprint density at radius 1 is 0.618 bits per heavy atom. The molecular weight excluding hydrogens is 865 g/mol. The predicted molar refractivity (Wildman–Crippen MR) is 267 cm³/mol. The second-order valence-corrected chi connectivity index (χ2v) is 17.9. The summed E-state index contributed by atoms with van der Waals surface area (Å²) in [5.41, 5.74) is 6.68. The lowest BCUT2D eigenvalue weighted by Gasteiger charge is -2.21. The van der Waals surface area contributed by atoms with E-state index in [1.165, 1.54) is 9.80 Å². The number of ether oxygens (including phenoxy) is 3. The number of hydrogen-bond donors (Lipinski definition) is 3. The van der Waals surface area contributed by atoms with Crippen LogP contribution >= 0.6 is 0 Å². The number of rotatable bonds is 21. The topological polar surface area (TPSA) is 173 Å². The number of amides is 2. The highest BCUT2D eigenvalue weighted by molar-refractivity contribution is 5.95. The summed E-state index contributed by atoms with van der Waals surface area (Å²) in [5, 5.41) is 18.1. The molecule has 0 aliphatic rings. The van der Waals surface area contributed by atoms with Crippen LogP contribution in [0.5, 0.6) is 11.5 Å². The monoisotopic (exact) mass is 932 g/mol. The second-order valence-electron chi connectivity index (χ2n) is 17.9. The van der Waals surface area contributed by atoms with Crippen molar-refractivity contribution < 1.29 is 47.3 Å². The van der Waals surface area contributed by atoms with Gasteiger partial charge in [0.1, 0.15) is 34.2 Å². The van der Waals surface area contributed by atoms with Gasteiger partial charge in [-0.15, -0.1) is 0 Å². The van der Waals surface area contributed by atoms with Gasteiger partial charge in [-0.1, -0.05) is 27.7 Å². The van der Waals surface area contributed by atoms with Crippen LogP contribution in [0.2, 0.25) is 0 Å². The molecule has 0 spiro atoms. The van der Waals surface area contributed by atoms with E-state index in [1.54, 1.807) is 59.5 Å². The molecule has 6 aromatic rings. The van der Waals surface area contributed by atoms with Crippen molar-refractivity contribution in [3.8, 4) is 11.5 Å². The molecule has 14 heteroatoms. The Morgan fingerprint density at radius 2 is 1.01 bits per heavy atom. The third-order valence-electron chi connectivity index (χ3n) is 11.7. The van der Waals surface area contributed by atoms with E-state index in [9.17, 15) is 19.2 Å². The fourth-order valence-electron chi connectivity index (χ4n) is 7.98. The van der Waals surface area contributed by atoms with Crippen LogP contribution in [0.25, 0.3) is 21.9 Å². The molecule has 0 aliphatic heterocycles. The Kier molecular flexibility index (Phi) is 18.5. The molecule has 0 saturated carbocycles. The number of esters is 1. The maximum atomic E-state index is 12.7. The molecule has 0 fully saturated rings. The van der Waals surface area contributed by atoms with Crippen molar-refractivity contribution in [3.05, 3.63) is 119 Å². The molecular formula is C54H68N4O10. The van der Waals surface area contributed by atoms with Gasteiger partial charge in [0, 0.05) is 71.6 Å². The minimum atomic E-state index is -0.926. The molecule has 4 aromatic carbocycles. The number of methoxy groups -OCH3 is 2. The van der Waals surface area contributed by atoms with Crippen LogP contribution < -0.4 is 20.1 Å². The maximum absolute atomic E-state index is 12.7. The van der Waals surface area contributed by atoms with E-state index in [0.29, 0.717) is 36.1 Å². The second kappa shape index (κ2) is 24.2. The SMILES string of the molecule is CCOC(=O)CCN(C)C(=O)c1ccc(NC(CC(C)C)c2oc3ccc(OC)cc3c2C)cc1.COc1ccc2oc(C(CC(C)C)Nc3ccc(C(=O)N(C)CCC(=O)O)cc3)c(C)c2c1. The van der Waals surface area contributed by atoms with Gasteiger partial charge in [0.25, 0.3) is 11.8 Å². The van der Waals surface area contributed by atoms with Crippen molar-refractivity contribution in [2.75, 3.05) is 58.6 Å². The number of nitrogens with one attached hydrogen (secondary N) is 2. The summed E-state index contributed by atoms with van der Waals surface area (Å²) in [6, 6.07) is 26.2. The van der Waals surface area contributed by atoms with Gasteiger partial charge in [-0.05, 0) is 130 Å². The molecule has 0 bridgehead atoms. The van der Waals surface area contributed by atoms with E-state index < -0.39 is 5.97 Å². The average molecular weight is 933 g/mol. The van der Waals surface area contributed by atoms with E-state index in [2.05, 4.69) is 52.2 Å². The van der Waals surface area contributed by atoms with Crippen molar-refractivity contribution in [2.45, 2.75) is 86.2 Å². The lowest BCUT2D eigenvalue weighted by molar-refractivity contribution is -0.143. The third kappa shape index (κ3) is 13.8. The van der Waals surface area contributed by atoms with Crippen molar-refractivity contribution in [2.24, 2.45) is 11.8 Å². The standard InChI is InChI=1S/C28H36N2O5.C26H32N2O5/c1-7-34-26(31)14-15-30(5)28(32)20-8-10-21(11-9-20)29-24(16-18(2)3)27-19(4)23-17-22(33-6)12-13-25(23)35-27;1-16(2)14-22(25-17(3)21-15-20(32-5)10-11-23(21)33-25)27-19-8-6-18(7-9-19)26(31)28(4)13-12-24(29)30/h8-13,17-18,24,29H,7,14-16H2,1-6H3;6-11,15-16,22,27H,12-14H2,1-5H3,(H,29,30). The Labute approximate surface area is 399 Å². The van der Waals surface area contributed by atoms with Crippen LogP contribution in [0.4, 0.5) is 11.4 Å². The molecule has 68 heavy (non-hydrogen) atoms. The molecule has 0 saturated heterocycles. The number of furan rings is 2. The van der Waals surface area contributed by atoms with Gasteiger partial charge in [-0.2, -0.15) is 0 Å². The number of carboxylic acid groups (broad SMARTS) is 1. The van der Waals surface area contributed by atoms with Gasteiger partial charge in [0.2, 0.25) is 0 Å². The van der Waals surface area contributed by atoms with Crippen LogP contribution in [0.15, 0.2) is 93.8 Å². The zero-order chi connectivity index (χ0) is 49.7. The minimum Gasteiger partial charge on any atom is -0.497 e. The minimum absolute atomic E-state index is 0.0257. The summed E-state index contributed by atoms with van der Waals surface area (Å²) in [7, 11) is 6.60. The quantitative estimate of drug-likeness (QED) is 0.0584. The fraction of sp³-hybridized carbons (Fsp3) is 0.407. The van der Waals surface area contributed by atoms with Crippen molar-refractivity contribution in [1.29, 1.82) is 0 Å². The predicted octanol–water partition coefficient (Wildman–Crippen LogP) is 11.5. The fourth-order valence-corrected chi connectivity index (χ4v) is 7.98. The van der Waals surface area contributed by atoms with E-state index in [4.69, 9.17) is 28.2 Å². The van der Waals surface area contributed by atoms with Crippen LogP contribution in [-0.2, 0) is 14.3 Å². The number of aliphatic carboxylic acids is 1. The van der Waals surface area contributed by atoms with Gasteiger partial charge >= 0.3 is 11.9 Å². The number of hydrogen-bond acceptors (Lipinski definition) is 11. The van der Waals surface area contributed by atoms with Crippen LogP contribution in [0, 0.1) is 25.7 Å². The first-order valence-corrected chi connectivity index (χ1v) is 23.2. The zero-order valence-corrected chi connectivity index (χ0v) is 41.4. The molecule has 0 aliphatic carbocycles. The first kappa shape index (κ1) is 52.0. The summed E-state index contributed by atoms with van der Waals surface area (Å²) >= 11 is 0. The third-order valence-corrected chi connectivity index (χ3v) is 11.7. The summed E-state index contributed by atoms with van der Waals surface area (Å²) in [4.78, 5) is 50.6. The molecule has 364 valence electrons.